The van der Waals surface area contributed by atoms with Gasteiger partial charge in [0.15, 0.2) is 5.60 Å². The minimum atomic E-state index is -0.762. The zero-order valence-electron chi connectivity index (χ0n) is 15.7. The number of carbonyl (C=O) groups excluding carboxylic acids is 1. The van der Waals surface area contributed by atoms with E-state index in [2.05, 4.69) is 22.2 Å². The molecule has 0 radical (unpaired) electrons. The first-order valence-electron chi connectivity index (χ1n) is 9.03. The van der Waals surface area contributed by atoms with Crippen LogP contribution in [0.5, 0.6) is 0 Å². The molecule has 0 bridgehead atoms. The molecule has 1 heterocycles. The summed E-state index contributed by atoms with van der Waals surface area (Å²) < 4.78 is 0. The first-order valence-corrected chi connectivity index (χ1v) is 9.03. The normalized spacial score (nSPS) is 14.9. The molecule has 7 heteroatoms. The molecule has 0 spiro atoms. The van der Waals surface area contributed by atoms with Crippen LogP contribution in [0.3, 0.4) is 0 Å². The van der Waals surface area contributed by atoms with Gasteiger partial charge >= 0.3 is 0 Å². The number of carbonyl (C=O) groups is 1. The SMILES string of the molecule is C=CCO/N=C(\C#N)C(=O)NCC1=NOC(c2ccccc2)(c2ccccc2)C1. The molecular weight excluding hydrogens is 368 g/mol. The molecule has 2 aromatic carbocycles. The Morgan fingerprint density at radius 2 is 1.86 bits per heavy atom. The van der Waals surface area contributed by atoms with Gasteiger partial charge in [0.05, 0.1) is 12.3 Å². The molecule has 1 amide bonds. The van der Waals surface area contributed by atoms with E-state index in [1.54, 1.807) is 6.07 Å². The van der Waals surface area contributed by atoms with Crippen LogP contribution >= 0.6 is 0 Å². The largest absolute Gasteiger partial charge is 0.390 e. The van der Waals surface area contributed by atoms with Gasteiger partial charge in [-0.2, -0.15) is 5.26 Å². The Labute approximate surface area is 168 Å². The molecule has 0 saturated carbocycles. The van der Waals surface area contributed by atoms with Crippen LogP contribution in [-0.4, -0.2) is 30.5 Å². The van der Waals surface area contributed by atoms with Crippen molar-refractivity contribution in [2.75, 3.05) is 13.2 Å². The molecule has 1 aliphatic rings. The summed E-state index contributed by atoms with van der Waals surface area (Å²) >= 11 is 0. The smallest absolute Gasteiger partial charge is 0.284 e. The molecule has 0 unspecified atom stereocenters. The third-order valence-electron chi connectivity index (χ3n) is 4.39. The van der Waals surface area contributed by atoms with Crippen molar-refractivity contribution in [3.8, 4) is 6.07 Å². The van der Waals surface area contributed by atoms with E-state index in [0.29, 0.717) is 12.1 Å². The lowest BCUT2D eigenvalue weighted by Crippen LogP contribution is -2.36. The Hall–Kier alpha value is -3.92. The molecule has 2 aromatic rings. The van der Waals surface area contributed by atoms with Crippen molar-refractivity contribution in [1.29, 1.82) is 5.26 Å². The topological polar surface area (TPSA) is 96.1 Å². The van der Waals surface area contributed by atoms with Crippen LogP contribution in [0.15, 0.2) is 83.6 Å². The van der Waals surface area contributed by atoms with Crippen LogP contribution in [0, 0.1) is 11.3 Å². The monoisotopic (exact) mass is 388 g/mol. The van der Waals surface area contributed by atoms with E-state index in [1.165, 1.54) is 6.08 Å². The minimum absolute atomic E-state index is 0.107. The molecule has 0 atom stereocenters. The van der Waals surface area contributed by atoms with Crippen molar-refractivity contribution in [2.45, 2.75) is 12.0 Å². The van der Waals surface area contributed by atoms with Crippen LogP contribution in [0.4, 0.5) is 0 Å². The second kappa shape index (κ2) is 9.33. The number of hydrogen-bond donors (Lipinski definition) is 1. The standard InChI is InChI=1S/C22H20N4O3/c1-2-13-28-26-20(15-23)21(27)24-16-19-14-22(29-25-19,17-9-5-3-6-10-17)18-11-7-4-8-12-18/h2-12H,1,13-14,16H2,(H,24,27)/b26-20+. The summed E-state index contributed by atoms with van der Waals surface area (Å²) in [6.07, 6.45) is 1.93. The van der Waals surface area contributed by atoms with Gasteiger partial charge in [-0.1, -0.05) is 83.6 Å². The summed E-state index contributed by atoms with van der Waals surface area (Å²) in [5.74, 6) is -0.642. The fraction of sp³-hybridized carbons (Fsp3) is 0.182. The maximum absolute atomic E-state index is 12.2. The second-order valence-electron chi connectivity index (χ2n) is 6.30. The van der Waals surface area contributed by atoms with E-state index in [1.807, 2.05) is 60.7 Å². The predicted octanol–water partition coefficient (Wildman–Crippen LogP) is 2.90. The fourth-order valence-electron chi connectivity index (χ4n) is 3.01. The highest BCUT2D eigenvalue weighted by molar-refractivity contribution is 6.45. The third kappa shape index (κ3) is 4.50. The fourth-order valence-corrected chi connectivity index (χ4v) is 3.01. The Kier molecular flexibility index (Phi) is 6.38. The molecule has 0 aromatic heterocycles. The average molecular weight is 388 g/mol. The van der Waals surface area contributed by atoms with Crippen molar-refractivity contribution >= 4 is 17.3 Å². The Bertz CT molecular complexity index is 923. The zero-order chi connectivity index (χ0) is 20.5. The van der Waals surface area contributed by atoms with Gasteiger partial charge in [-0.15, -0.1) is 0 Å². The van der Waals surface area contributed by atoms with E-state index in [4.69, 9.17) is 14.9 Å². The van der Waals surface area contributed by atoms with Crippen molar-refractivity contribution in [3.05, 3.63) is 84.4 Å². The number of nitrogens with one attached hydrogen (secondary N) is 1. The molecule has 3 rings (SSSR count). The van der Waals surface area contributed by atoms with Gasteiger partial charge in [-0.25, -0.2) is 0 Å². The maximum atomic E-state index is 12.2. The van der Waals surface area contributed by atoms with E-state index in [0.717, 1.165) is 11.1 Å². The lowest BCUT2D eigenvalue weighted by Gasteiger charge is -2.27. The molecule has 0 aliphatic carbocycles. The van der Waals surface area contributed by atoms with Crippen LogP contribution in [0.25, 0.3) is 0 Å². The number of rotatable bonds is 8. The quantitative estimate of drug-likeness (QED) is 0.325. The summed E-state index contributed by atoms with van der Waals surface area (Å²) in [6, 6.07) is 21.3. The van der Waals surface area contributed by atoms with Gasteiger partial charge in [0.1, 0.15) is 12.7 Å². The Morgan fingerprint density at radius 3 is 2.41 bits per heavy atom. The molecule has 0 saturated heterocycles. The average Bonchev–Trinajstić information content (AvgIpc) is 3.22. The van der Waals surface area contributed by atoms with Gasteiger partial charge in [0, 0.05) is 17.5 Å². The lowest BCUT2D eigenvalue weighted by molar-refractivity contribution is -0.114. The number of benzene rings is 2. The van der Waals surface area contributed by atoms with E-state index in [9.17, 15) is 4.79 Å². The molecule has 29 heavy (non-hydrogen) atoms. The van der Waals surface area contributed by atoms with Gasteiger partial charge in [0.25, 0.3) is 5.91 Å². The van der Waals surface area contributed by atoms with Crippen LogP contribution in [0.1, 0.15) is 17.5 Å². The maximum Gasteiger partial charge on any atom is 0.284 e. The lowest BCUT2D eigenvalue weighted by atomic mass is 9.82. The van der Waals surface area contributed by atoms with Crippen molar-refractivity contribution in [2.24, 2.45) is 10.3 Å². The summed E-state index contributed by atoms with van der Waals surface area (Å²) in [6.45, 7) is 3.71. The highest BCUT2D eigenvalue weighted by atomic mass is 16.7. The number of oxime groups is 2. The van der Waals surface area contributed by atoms with E-state index >= 15 is 0 Å². The molecule has 1 N–H and O–H groups in total. The van der Waals surface area contributed by atoms with Gasteiger partial charge in [-0.05, 0) is 0 Å². The number of amides is 1. The van der Waals surface area contributed by atoms with Crippen LogP contribution in [0.2, 0.25) is 0 Å². The Balaban J connectivity index is 1.72. The minimum Gasteiger partial charge on any atom is -0.390 e. The van der Waals surface area contributed by atoms with Crippen LogP contribution < -0.4 is 5.32 Å². The number of nitriles is 1. The van der Waals surface area contributed by atoms with Gasteiger partial charge in [0.2, 0.25) is 5.71 Å². The summed E-state index contributed by atoms with van der Waals surface area (Å²) in [5, 5.41) is 19.4. The number of hydrogen-bond acceptors (Lipinski definition) is 6. The van der Waals surface area contributed by atoms with E-state index < -0.39 is 11.5 Å². The second-order valence-corrected chi connectivity index (χ2v) is 6.30. The molecule has 7 nitrogen and oxygen atoms in total. The van der Waals surface area contributed by atoms with Gasteiger partial charge in [-0.3, -0.25) is 4.79 Å². The van der Waals surface area contributed by atoms with Crippen molar-refractivity contribution in [3.63, 3.8) is 0 Å². The van der Waals surface area contributed by atoms with E-state index in [-0.39, 0.29) is 18.9 Å². The molecular formula is C22H20N4O3. The van der Waals surface area contributed by atoms with Crippen molar-refractivity contribution < 1.29 is 14.5 Å². The van der Waals surface area contributed by atoms with Crippen LogP contribution in [-0.2, 0) is 20.1 Å². The predicted molar refractivity (Wildman–Crippen MR) is 109 cm³/mol. The molecule has 146 valence electrons. The first kappa shape index (κ1) is 19.8. The molecule has 1 aliphatic heterocycles. The highest BCUT2D eigenvalue weighted by Crippen LogP contribution is 2.40. The number of nitrogens with zero attached hydrogens (tertiary/aromatic N) is 3. The van der Waals surface area contributed by atoms with Gasteiger partial charge < -0.3 is 15.0 Å². The Morgan fingerprint density at radius 1 is 1.24 bits per heavy atom. The summed E-state index contributed by atoms with van der Waals surface area (Å²) in [7, 11) is 0. The zero-order valence-corrected chi connectivity index (χ0v) is 15.7. The summed E-state index contributed by atoms with van der Waals surface area (Å²) in [5.41, 5.74) is 1.45. The highest BCUT2D eigenvalue weighted by Gasteiger charge is 2.42. The third-order valence-corrected chi connectivity index (χ3v) is 4.39. The first-order chi connectivity index (χ1) is 14.2. The van der Waals surface area contributed by atoms with Crippen molar-refractivity contribution in [1.82, 2.24) is 5.32 Å². The molecule has 0 fully saturated rings. The summed E-state index contributed by atoms with van der Waals surface area (Å²) in [4.78, 5) is 22.9.